The van der Waals surface area contributed by atoms with Crippen LogP contribution in [0.1, 0.15) is 26.2 Å². The summed E-state index contributed by atoms with van der Waals surface area (Å²) >= 11 is 0. The van der Waals surface area contributed by atoms with Gasteiger partial charge in [0.15, 0.2) is 0 Å². The zero-order valence-corrected chi connectivity index (χ0v) is 7.25. The van der Waals surface area contributed by atoms with Gasteiger partial charge < -0.3 is 4.74 Å². The van der Waals surface area contributed by atoms with Crippen molar-refractivity contribution in [3.8, 4) is 0 Å². The highest BCUT2D eigenvalue weighted by molar-refractivity contribution is 5.64. The molecule has 0 bridgehead atoms. The lowest BCUT2D eigenvalue weighted by Crippen LogP contribution is -2.08. The SMILES string of the molecule is CCCC(C/C=C/C=O)OC. The molecule has 0 rings (SSSR count). The van der Waals surface area contributed by atoms with Crippen LogP contribution in [0.3, 0.4) is 0 Å². The third kappa shape index (κ3) is 5.80. The number of rotatable bonds is 6. The molecule has 0 aliphatic heterocycles. The van der Waals surface area contributed by atoms with Gasteiger partial charge in [0.25, 0.3) is 0 Å². The zero-order chi connectivity index (χ0) is 8.53. The third-order valence-corrected chi connectivity index (χ3v) is 1.56. The highest BCUT2D eigenvalue weighted by Gasteiger charge is 2.01. The van der Waals surface area contributed by atoms with Gasteiger partial charge in [0, 0.05) is 7.11 Å². The zero-order valence-electron chi connectivity index (χ0n) is 7.25. The molecule has 0 aliphatic carbocycles. The smallest absolute Gasteiger partial charge is 0.142 e. The normalized spacial score (nSPS) is 13.6. The second-order valence-corrected chi connectivity index (χ2v) is 2.45. The molecule has 64 valence electrons. The number of hydrogen-bond donors (Lipinski definition) is 0. The van der Waals surface area contributed by atoms with E-state index in [0.717, 1.165) is 25.5 Å². The Morgan fingerprint density at radius 3 is 2.73 bits per heavy atom. The van der Waals surface area contributed by atoms with Crippen molar-refractivity contribution in [2.24, 2.45) is 0 Å². The molecule has 0 radical (unpaired) electrons. The molecule has 0 aromatic heterocycles. The molecule has 0 fully saturated rings. The number of allylic oxidation sites excluding steroid dienone is 1. The van der Waals surface area contributed by atoms with Crippen LogP contribution >= 0.6 is 0 Å². The van der Waals surface area contributed by atoms with Crippen LogP contribution in [-0.4, -0.2) is 19.5 Å². The van der Waals surface area contributed by atoms with Crippen LogP contribution < -0.4 is 0 Å². The van der Waals surface area contributed by atoms with Crippen LogP contribution in [0.15, 0.2) is 12.2 Å². The van der Waals surface area contributed by atoms with E-state index in [2.05, 4.69) is 6.92 Å². The van der Waals surface area contributed by atoms with Crippen LogP contribution in [0.25, 0.3) is 0 Å². The molecule has 2 nitrogen and oxygen atoms in total. The molecular formula is C9H16O2. The van der Waals surface area contributed by atoms with Crippen molar-refractivity contribution in [1.29, 1.82) is 0 Å². The van der Waals surface area contributed by atoms with Crippen LogP contribution in [0.5, 0.6) is 0 Å². The number of aldehydes is 1. The first-order chi connectivity index (χ1) is 5.35. The van der Waals surface area contributed by atoms with Crippen molar-refractivity contribution in [2.45, 2.75) is 32.3 Å². The fourth-order valence-electron chi connectivity index (χ4n) is 0.940. The Labute approximate surface area is 68.2 Å². The average molecular weight is 156 g/mol. The van der Waals surface area contributed by atoms with E-state index < -0.39 is 0 Å². The van der Waals surface area contributed by atoms with Gasteiger partial charge in [-0.15, -0.1) is 0 Å². The number of ether oxygens (including phenoxy) is 1. The van der Waals surface area contributed by atoms with E-state index in [0.29, 0.717) is 0 Å². The van der Waals surface area contributed by atoms with Crippen LogP contribution in [0, 0.1) is 0 Å². The largest absolute Gasteiger partial charge is 0.381 e. The van der Waals surface area contributed by atoms with Gasteiger partial charge in [-0.05, 0) is 18.9 Å². The molecule has 1 unspecified atom stereocenters. The van der Waals surface area contributed by atoms with E-state index in [1.165, 1.54) is 6.08 Å². The molecule has 0 saturated carbocycles. The minimum Gasteiger partial charge on any atom is -0.381 e. The molecule has 2 heteroatoms. The number of carbonyl (C=O) groups excluding carboxylic acids is 1. The summed E-state index contributed by atoms with van der Waals surface area (Å²) in [5.41, 5.74) is 0. The van der Waals surface area contributed by atoms with E-state index in [-0.39, 0.29) is 6.10 Å². The molecular weight excluding hydrogens is 140 g/mol. The van der Waals surface area contributed by atoms with Gasteiger partial charge in [-0.25, -0.2) is 0 Å². The molecule has 0 spiro atoms. The summed E-state index contributed by atoms with van der Waals surface area (Å²) in [6.45, 7) is 2.12. The van der Waals surface area contributed by atoms with Crippen LogP contribution in [0.4, 0.5) is 0 Å². The topological polar surface area (TPSA) is 26.3 Å². The van der Waals surface area contributed by atoms with E-state index in [1.54, 1.807) is 7.11 Å². The Morgan fingerprint density at radius 1 is 1.55 bits per heavy atom. The van der Waals surface area contributed by atoms with Crippen molar-refractivity contribution >= 4 is 6.29 Å². The summed E-state index contributed by atoms with van der Waals surface area (Å²) in [4.78, 5) is 9.90. The van der Waals surface area contributed by atoms with E-state index in [4.69, 9.17) is 4.74 Å². The fraction of sp³-hybridized carbons (Fsp3) is 0.667. The van der Waals surface area contributed by atoms with E-state index in [1.807, 2.05) is 6.08 Å². The van der Waals surface area contributed by atoms with Crippen LogP contribution in [-0.2, 0) is 9.53 Å². The van der Waals surface area contributed by atoms with Gasteiger partial charge in [-0.3, -0.25) is 4.79 Å². The van der Waals surface area contributed by atoms with Crippen molar-refractivity contribution in [3.63, 3.8) is 0 Å². The maximum absolute atomic E-state index is 9.90. The molecule has 1 atom stereocenters. The minimum absolute atomic E-state index is 0.274. The van der Waals surface area contributed by atoms with E-state index >= 15 is 0 Å². The number of methoxy groups -OCH3 is 1. The summed E-state index contributed by atoms with van der Waals surface area (Å²) in [7, 11) is 1.70. The summed E-state index contributed by atoms with van der Waals surface area (Å²) in [5, 5.41) is 0. The molecule has 0 aliphatic rings. The van der Waals surface area contributed by atoms with Gasteiger partial charge in [0.2, 0.25) is 0 Å². The van der Waals surface area contributed by atoms with Gasteiger partial charge in [-0.2, -0.15) is 0 Å². The predicted octanol–water partition coefficient (Wildman–Crippen LogP) is 1.95. The summed E-state index contributed by atoms with van der Waals surface area (Å²) < 4.78 is 5.17. The highest BCUT2D eigenvalue weighted by atomic mass is 16.5. The lowest BCUT2D eigenvalue weighted by atomic mass is 10.1. The Kier molecular flexibility index (Phi) is 7.05. The quantitative estimate of drug-likeness (QED) is 0.434. The molecule has 11 heavy (non-hydrogen) atoms. The molecule has 0 N–H and O–H groups in total. The lowest BCUT2D eigenvalue weighted by Gasteiger charge is -2.10. The Bertz CT molecular complexity index is 119. The first-order valence-electron chi connectivity index (χ1n) is 3.98. The summed E-state index contributed by atoms with van der Waals surface area (Å²) in [6, 6.07) is 0. The standard InChI is InChI=1S/C9H16O2/c1-3-6-9(11-2)7-4-5-8-10/h4-5,8-9H,3,6-7H2,1-2H3/b5-4+. The van der Waals surface area contributed by atoms with Crippen LogP contribution in [0.2, 0.25) is 0 Å². The van der Waals surface area contributed by atoms with Gasteiger partial charge in [-0.1, -0.05) is 19.4 Å². The maximum atomic E-state index is 9.90. The van der Waals surface area contributed by atoms with Crippen molar-refractivity contribution in [1.82, 2.24) is 0 Å². The lowest BCUT2D eigenvalue weighted by molar-refractivity contribution is -0.104. The van der Waals surface area contributed by atoms with Crippen molar-refractivity contribution in [3.05, 3.63) is 12.2 Å². The molecule has 0 amide bonds. The first kappa shape index (κ1) is 10.4. The number of hydrogen-bond acceptors (Lipinski definition) is 2. The Balaban J connectivity index is 3.50. The van der Waals surface area contributed by atoms with Crippen molar-refractivity contribution in [2.75, 3.05) is 7.11 Å². The Morgan fingerprint density at radius 2 is 2.27 bits per heavy atom. The predicted molar refractivity (Wildman–Crippen MR) is 45.5 cm³/mol. The molecule has 0 saturated heterocycles. The second-order valence-electron chi connectivity index (χ2n) is 2.45. The maximum Gasteiger partial charge on any atom is 0.142 e. The third-order valence-electron chi connectivity index (χ3n) is 1.56. The van der Waals surface area contributed by atoms with Gasteiger partial charge >= 0.3 is 0 Å². The molecule has 0 aromatic carbocycles. The Hall–Kier alpha value is -0.630. The second kappa shape index (κ2) is 7.48. The van der Waals surface area contributed by atoms with Gasteiger partial charge in [0.1, 0.15) is 6.29 Å². The monoisotopic (exact) mass is 156 g/mol. The summed E-state index contributed by atoms with van der Waals surface area (Å²) in [5.74, 6) is 0. The molecule has 0 aromatic rings. The van der Waals surface area contributed by atoms with Crippen molar-refractivity contribution < 1.29 is 9.53 Å². The minimum atomic E-state index is 0.274. The fourth-order valence-corrected chi connectivity index (χ4v) is 0.940. The number of carbonyl (C=O) groups is 1. The van der Waals surface area contributed by atoms with E-state index in [9.17, 15) is 4.79 Å². The molecule has 0 heterocycles. The average Bonchev–Trinajstić information content (AvgIpc) is 2.03. The first-order valence-corrected chi connectivity index (χ1v) is 3.98. The summed E-state index contributed by atoms with van der Waals surface area (Å²) in [6.07, 6.45) is 7.43. The van der Waals surface area contributed by atoms with Gasteiger partial charge in [0.05, 0.1) is 6.10 Å². The highest BCUT2D eigenvalue weighted by Crippen LogP contribution is 2.05.